The van der Waals surface area contributed by atoms with E-state index in [0.717, 1.165) is 12.8 Å². The van der Waals surface area contributed by atoms with Gasteiger partial charge >= 0.3 is 5.97 Å². The molecule has 0 atom stereocenters. The summed E-state index contributed by atoms with van der Waals surface area (Å²) < 4.78 is 5.88. The number of hydrogen-bond donors (Lipinski definition) is 2. The average molecular weight is 263 g/mol. The quantitative estimate of drug-likeness (QED) is 0.646. The lowest BCUT2D eigenvalue weighted by molar-refractivity contribution is 0.0300. The molecule has 1 aromatic carbocycles. The molecule has 1 aliphatic carbocycles. The van der Waals surface area contributed by atoms with Crippen molar-refractivity contribution in [3.63, 3.8) is 0 Å². The van der Waals surface area contributed by atoms with E-state index in [2.05, 4.69) is 0 Å². The molecular weight excluding hydrogens is 242 g/mol. The second-order valence-electron chi connectivity index (χ2n) is 5.11. The Morgan fingerprint density at radius 2 is 1.95 bits per heavy atom. The van der Waals surface area contributed by atoms with Gasteiger partial charge in [-0.2, -0.15) is 0 Å². The van der Waals surface area contributed by atoms with Gasteiger partial charge in [0, 0.05) is 5.69 Å². The van der Waals surface area contributed by atoms with Crippen LogP contribution in [0, 0.1) is 0 Å². The summed E-state index contributed by atoms with van der Waals surface area (Å²) in [5.41, 5.74) is 6.86. The lowest BCUT2D eigenvalue weighted by atomic mass is 10.1. The Labute approximate surface area is 113 Å². The van der Waals surface area contributed by atoms with Gasteiger partial charge in [-0.3, -0.25) is 0 Å². The van der Waals surface area contributed by atoms with E-state index in [4.69, 9.17) is 10.5 Å². The highest BCUT2D eigenvalue weighted by Gasteiger charge is 2.17. The molecule has 3 N–H and O–H groups in total. The molecule has 0 heterocycles. The number of carboxylic acid groups (broad SMARTS) is 1. The van der Waals surface area contributed by atoms with Crippen molar-refractivity contribution in [2.24, 2.45) is 0 Å². The Balaban J connectivity index is 2.02. The zero-order chi connectivity index (χ0) is 13.7. The summed E-state index contributed by atoms with van der Waals surface area (Å²) in [5, 5.41) is 9.19. The number of anilines is 1. The third kappa shape index (κ3) is 3.70. The first-order chi connectivity index (χ1) is 9.18. The van der Waals surface area contributed by atoms with E-state index in [0.29, 0.717) is 17.9 Å². The Hall–Kier alpha value is -1.55. The number of hydrogen-bond acceptors (Lipinski definition) is 3. The first kappa shape index (κ1) is 13.9. The molecule has 104 valence electrons. The van der Waals surface area contributed by atoms with Gasteiger partial charge in [-0.05, 0) is 24.5 Å². The number of nitrogens with two attached hydrogens (primary N) is 1. The lowest BCUT2D eigenvalue weighted by Crippen LogP contribution is -2.14. The predicted octanol–water partition coefficient (Wildman–Crippen LogP) is 3.21. The van der Waals surface area contributed by atoms with Crippen molar-refractivity contribution in [3.05, 3.63) is 29.3 Å². The number of rotatable bonds is 4. The SMILES string of the molecule is Nc1cccc(COC2CCCCCC2)c1C(=O)O. The number of carboxylic acids is 1. The molecule has 0 spiro atoms. The molecule has 0 aromatic heterocycles. The minimum Gasteiger partial charge on any atom is -0.478 e. The number of ether oxygens (including phenoxy) is 1. The third-order valence-electron chi connectivity index (χ3n) is 3.67. The monoisotopic (exact) mass is 263 g/mol. The van der Waals surface area contributed by atoms with Crippen LogP contribution in [0.4, 0.5) is 5.69 Å². The minimum atomic E-state index is -0.988. The van der Waals surface area contributed by atoms with Crippen LogP contribution in [0.5, 0.6) is 0 Å². The van der Waals surface area contributed by atoms with E-state index in [1.54, 1.807) is 18.2 Å². The van der Waals surface area contributed by atoms with Crippen LogP contribution in [-0.2, 0) is 11.3 Å². The molecule has 0 aliphatic heterocycles. The molecule has 1 saturated carbocycles. The summed E-state index contributed by atoms with van der Waals surface area (Å²) in [4.78, 5) is 11.2. The largest absolute Gasteiger partial charge is 0.478 e. The van der Waals surface area contributed by atoms with Crippen LogP contribution in [0.15, 0.2) is 18.2 Å². The van der Waals surface area contributed by atoms with Gasteiger partial charge in [0.05, 0.1) is 18.3 Å². The summed E-state index contributed by atoms with van der Waals surface area (Å²) in [6.45, 7) is 0.331. The molecule has 0 bridgehead atoms. The normalized spacial score (nSPS) is 17.1. The van der Waals surface area contributed by atoms with E-state index >= 15 is 0 Å². The molecule has 1 fully saturated rings. The molecule has 0 radical (unpaired) electrons. The smallest absolute Gasteiger partial charge is 0.338 e. The molecular formula is C15H21NO3. The Morgan fingerprint density at radius 1 is 1.26 bits per heavy atom. The zero-order valence-electron chi connectivity index (χ0n) is 11.1. The van der Waals surface area contributed by atoms with Crippen molar-refractivity contribution in [2.45, 2.75) is 51.2 Å². The van der Waals surface area contributed by atoms with Gasteiger partial charge in [-0.25, -0.2) is 4.79 Å². The van der Waals surface area contributed by atoms with E-state index in [-0.39, 0.29) is 11.7 Å². The van der Waals surface area contributed by atoms with Crippen LogP contribution in [0.2, 0.25) is 0 Å². The van der Waals surface area contributed by atoms with Gasteiger partial charge < -0.3 is 15.6 Å². The summed E-state index contributed by atoms with van der Waals surface area (Å²) in [7, 11) is 0. The van der Waals surface area contributed by atoms with Gasteiger partial charge in [-0.1, -0.05) is 37.8 Å². The van der Waals surface area contributed by atoms with Gasteiger partial charge in [0.15, 0.2) is 0 Å². The highest BCUT2D eigenvalue weighted by molar-refractivity contribution is 5.95. The molecule has 4 heteroatoms. The second kappa shape index (κ2) is 6.57. The number of aromatic carboxylic acids is 1. The summed E-state index contributed by atoms with van der Waals surface area (Å²) in [6.07, 6.45) is 7.36. The lowest BCUT2D eigenvalue weighted by Gasteiger charge is -2.16. The number of nitrogen functional groups attached to an aromatic ring is 1. The van der Waals surface area contributed by atoms with Crippen LogP contribution >= 0.6 is 0 Å². The zero-order valence-corrected chi connectivity index (χ0v) is 11.1. The van der Waals surface area contributed by atoms with Gasteiger partial charge in [0.1, 0.15) is 0 Å². The van der Waals surface area contributed by atoms with Gasteiger partial charge in [-0.15, -0.1) is 0 Å². The van der Waals surface area contributed by atoms with E-state index in [1.165, 1.54) is 25.7 Å². The molecule has 19 heavy (non-hydrogen) atoms. The van der Waals surface area contributed by atoms with Crippen LogP contribution in [0.3, 0.4) is 0 Å². The molecule has 0 unspecified atom stereocenters. The summed E-state index contributed by atoms with van der Waals surface area (Å²) in [5.74, 6) is -0.988. The standard InChI is InChI=1S/C15H21NO3/c16-13-9-5-6-11(14(13)15(17)18)10-19-12-7-3-1-2-4-8-12/h5-6,9,12H,1-4,7-8,10,16H2,(H,17,18). The maximum absolute atomic E-state index is 11.2. The molecule has 1 aromatic rings. The predicted molar refractivity (Wildman–Crippen MR) is 74.1 cm³/mol. The van der Waals surface area contributed by atoms with Crippen molar-refractivity contribution < 1.29 is 14.6 Å². The van der Waals surface area contributed by atoms with Gasteiger partial charge in [0.25, 0.3) is 0 Å². The van der Waals surface area contributed by atoms with E-state index in [1.807, 2.05) is 0 Å². The van der Waals surface area contributed by atoms with Crippen molar-refractivity contribution in [1.82, 2.24) is 0 Å². The maximum Gasteiger partial charge on any atom is 0.338 e. The van der Waals surface area contributed by atoms with E-state index in [9.17, 15) is 9.90 Å². The van der Waals surface area contributed by atoms with Crippen LogP contribution < -0.4 is 5.73 Å². The highest BCUT2D eigenvalue weighted by Crippen LogP contribution is 2.23. The molecule has 2 rings (SSSR count). The van der Waals surface area contributed by atoms with Crippen LogP contribution in [0.25, 0.3) is 0 Å². The van der Waals surface area contributed by atoms with Crippen LogP contribution in [-0.4, -0.2) is 17.2 Å². The molecule has 4 nitrogen and oxygen atoms in total. The summed E-state index contributed by atoms with van der Waals surface area (Å²) >= 11 is 0. The number of carbonyl (C=O) groups is 1. The van der Waals surface area contributed by atoms with E-state index < -0.39 is 5.97 Å². The van der Waals surface area contributed by atoms with Gasteiger partial charge in [0.2, 0.25) is 0 Å². The maximum atomic E-state index is 11.2. The Kier molecular flexibility index (Phi) is 4.80. The minimum absolute atomic E-state index is 0.177. The Morgan fingerprint density at radius 3 is 2.58 bits per heavy atom. The van der Waals surface area contributed by atoms with Crippen molar-refractivity contribution >= 4 is 11.7 Å². The van der Waals surface area contributed by atoms with Crippen molar-refractivity contribution in [1.29, 1.82) is 0 Å². The van der Waals surface area contributed by atoms with Crippen molar-refractivity contribution in [2.75, 3.05) is 5.73 Å². The number of benzene rings is 1. The average Bonchev–Trinajstić information content (AvgIpc) is 2.64. The molecule has 0 amide bonds. The van der Waals surface area contributed by atoms with Crippen LogP contribution in [0.1, 0.15) is 54.4 Å². The van der Waals surface area contributed by atoms with Crippen molar-refractivity contribution in [3.8, 4) is 0 Å². The molecule has 0 saturated heterocycles. The first-order valence-corrected chi connectivity index (χ1v) is 6.90. The fourth-order valence-electron chi connectivity index (χ4n) is 2.62. The molecule has 1 aliphatic rings. The fourth-order valence-corrected chi connectivity index (χ4v) is 2.62. The third-order valence-corrected chi connectivity index (χ3v) is 3.67. The fraction of sp³-hybridized carbons (Fsp3) is 0.533. The topological polar surface area (TPSA) is 72.5 Å². The highest BCUT2D eigenvalue weighted by atomic mass is 16.5. The second-order valence-corrected chi connectivity index (χ2v) is 5.11. The first-order valence-electron chi connectivity index (χ1n) is 6.90. The summed E-state index contributed by atoms with van der Waals surface area (Å²) in [6, 6.07) is 5.16. The Bertz CT molecular complexity index is 437.